The van der Waals surface area contributed by atoms with Gasteiger partial charge < -0.3 is 10.2 Å². The molecule has 0 radical (unpaired) electrons. The van der Waals surface area contributed by atoms with Crippen molar-refractivity contribution in [3.05, 3.63) is 0 Å². The van der Waals surface area contributed by atoms with E-state index in [1.807, 2.05) is 11.9 Å². The molecule has 1 atom stereocenters. The molecular weight excluding hydrogens is 226 g/mol. The number of rotatable bonds is 8. The number of likely N-dealkylation sites (N-methyl/N-ethyl adjacent to an activating group) is 1. The summed E-state index contributed by atoms with van der Waals surface area (Å²) in [6, 6.07) is 0.545. The highest BCUT2D eigenvalue weighted by atomic mass is 16.2. The van der Waals surface area contributed by atoms with E-state index in [1.165, 1.54) is 12.8 Å². The fourth-order valence-electron chi connectivity index (χ4n) is 2.74. The first-order valence-electron chi connectivity index (χ1n) is 7.39. The van der Waals surface area contributed by atoms with Crippen molar-refractivity contribution in [1.82, 2.24) is 15.1 Å². The third-order valence-corrected chi connectivity index (χ3v) is 3.62. The summed E-state index contributed by atoms with van der Waals surface area (Å²) < 4.78 is 0. The fourth-order valence-corrected chi connectivity index (χ4v) is 2.74. The maximum atomic E-state index is 12.3. The standard InChI is InChI=1S/C14H29N3O/c1-4-8-16(9-5-2)14(18)12-17-10-6-7-13(17)11-15-3/h13,15H,4-12H2,1-3H3. The highest BCUT2D eigenvalue weighted by Gasteiger charge is 2.26. The summed E-state index contributed by atoms with van der Waals surface area (Å²) in [5, 5.41) is 3.23. The Hall–Kier alpha value is -0.610. The Morgan fingerprint density at radius 1 is 1.33 bits per heavy atom. The van der Waals surface area contributed by atoms with E-state index in [2.05, 4.69) is 24.1 Å². The Morgan fingerprint density at radius 3 is 2.56 bits per heavy atom. The Kier molecular flexibility index (Phi) is 7.28. The predicted octanol–water partition coefficient (Wildman–Crippen LogP) is 1.32. The van der Waals surface area contributed by atoms with E-state index in [0.29, 0.717) is 18.5 Å². The summed E-state index contributed by atoms with van der Waals surface area (Å²) >= 11 is 0. The lowest BCUT2D eigenvalue weighted by Gasteiger charge is -2.28. The summed E-state index contributed by atoms with van der Waals surface area (Å²) in [6.45, 7) is 8.74. The minimum atomic E-state index is 0.307. The number of carbonyl (C=O) groups is 1. The predicted molar refractivity (Wildman–Crippen MR) is 75.7 cm³/mol. The molecule has 18 heavy (non-hydrogen) atoms. The van der Waals surface area contributed by atoms with Gasteiger partial charge in [-0.2, -0.15) is 0 Å². The molecule has 0 aliphatic carbocycles. The molecule has 4 nitrogen and oxygen atoms in total. The number of nitrogens with one attached hydrogen (secondary N) is 1. The van der Waals surface area contributed by atoms with Crippen LogP contribution in [0.5, 0.6) is 0 Å². The van der Waals surface area contributed by atoms with Gasteiger partial charge in [0, 0.05) is 25.7 Å². The summed E-state index contributed by atoms with van der Waals surface area (Å²) in [5.74, 6) is 0.307. The van der Waals surface area contributed by atoms with Gasteiger partial charge in [-0.25, -0.2) is 0 Å². The summed E-state index contributed by atoms with van der Waals surface area (Å²) in [4.78, 5) is 16.7. The van der Waals surface area contributed by atoms with E-state index >= 15 is 0 Å². The van der Waals surface area contributed by atoms with Crippen LogP contribution in [-0.2, 0) is 4.79 Å². The zero-order valence-corrected chi connectivity index (χ0v) is 12.2. The van der Waals surface area contributed by atoms with Gasteiger partial charge in [0.2, 0.25) is 5.91 Å². The van der Waals surface area contributed by atoms with Gasteiger partial charge >= 0.3 is 0 Å². The first-order chi connectivity index (χ1) is 8.72. The minimum absolute atomic E-state index is 0.307. The van der Waals surface area contributed by atoms with Crippen LogP contribution in [0.4, 0.5) is 0 Å². The number of likely N-dealkylation sites (tertiary alicyclic amines) is 1. The number of hydrogen-bond donors (Lipinski definition) is 1. The first kappa shape index (κ1) is 15.4. The average Bonchev–Trinajstić information content (AvgIpc) is 2.77. The molecule has 1 fully saturated rings. The van der Waals surface area contributed by atoms with Crippen LogP contribution < -0.4 is 5.32 Å². The molecule has 0 aromatic rings. The fraction of sp³-hybridized carbons (Fsp3) is 0.929. The number of hydrogen-bond acceptors (Lipinski definition) is 3. The summed E-state index contributed by atoms with van der Waals surface area (Å²) in [7, 11) is 1.98. The van der Waals surface area contributed by atoms with Crippen molar-refractivity contribution < 1.29 is 4.79 Å². The van der Waals surface area contributed by atoms with Crippen molar-refractivity contribution in [3.63, 3.8) is 0 Å². The van der Waals surface area contributed by atoms with Crippen LogP contribution in [0.15, 0.2) is 0 Å². The van der Waals surface area contributed by atoms with E-state index in [9.17, 15) is 4.79 Å². The van der Waals surface area contributed by atoms with Crippen LogP contribution >= 0.6 is 0 Å². The van der Waals surface area contributed by atoms with Crippen molar-refractivity contribution in [2.24, 2.45) is 0 Å². The first-order valence-corrected chi connectivity index (χ1v) is 7.39. The van der Waals surface area contributed by atoms with Crippen LogP contribution in [0, 0.1) is 0 Å². The Balaban J connectivity index is 2.45. The van der Waals surface area contributed by atoms with E-state index < -0.39 is 0 Å². The molecule has 1 N–H and O–H groups in total. The molecular formula is C14H29N3O. The van der Waals surface area contributed by atoms with Crippen LogP contribution in [0.1, 0.15) is 39.5 Å². The van der Waals surface area contributed by atoms with E-state index in [-0.39, 0.29) is 0 Å². The highest BCUT2D eigenvalue weighted by molar-refractivity contribution is 5.78. The molecule has 1 heterocycles. The molecule has 1 unspecified atom stereocenters. The van der Waals surface area contributed by atoms with E-state index in [0.717, 1.165) is 39.0 Å². The Labute approximate surface area is 112 Å². The maximum absolute atomic E-state index is 12.3. The van der Waals surface area contributed by atoms with Gasteiger partial charge in [-0.1, -0.05) is 13.8 Å². The molecule has 1 rings (SSSR count). The third-order valence-electron chi connectivity index (χ3n) is 3.62. The normalized spacial score (nSPS) is 20.3. The second-order valence-electron chi connectivity index (χ2n) is 5.20. The second kappa shape index (κ2) is 8.48. The zero-order chi connectivity index (χ0) is 13.4. The Morgan fingerprint density at radius 2 is 2.00 bits per heavy atom. The molecule has 1 amide bonds. The molecule has 0 spiro atoms. The van der Waals surface area contributed by atoms with Gasteiger partial charge in [-0.3, -0.25) is 9.69 Å². The van der Waals surface area contributed by atoms with Gasteiger partial charge in [0.15, 0.2) is 0 Å². The molecule has 1 aliphatic heterocycles. The lowest BCUT2D eigenvalue weighted by molar-refractivity contribution is -0.132. The Bertz CT molecular complexity index is 239. The molecule has 1 aliphatic rings. The second-order valence-corrected chi connectivity index (χ2v) is 5.20. The molecule has 0 saturated carbocycles. The van der Waals surface area contributed by atoms with Crippen LogP contribution in [0.3, 0.4) is 0 Å². The van der Waals surface area contributed by atoms with Gasteiger partial charge in [0.25, 0.3) is 0 Å². The molecule has 0 aromatic carbocycles. The minimum Gasteiger partial charge on any atom is -0.342 e. The molecule has 0 aromatic heterocycles. The molecule has 1 saturated heterocycles. The molecule has 106 valence electrons. The lowest BCUT2D eigenvalue weighted by atomic mass is 10.2. The number of carbonyl (C=O) groups excluding carboxylic acids is 1. The van der Waals surface area contributed by atoms with Gasteiger partial charge in [-0.05, 0) is 39.3 Å². The van der Waals surface area contributed by atoms with Gasteiger partial charge in [-0.15, -0.1) is 0 Å². The topological polar surface area (TPSA) is 35.6 Å². The number of amides is 1. The monoisotopic (exact) mass is 255 g/mol. The zero-order valence-electron chi connectivity index (χ0n) is 12.2. The van der Waals surface area contributed by atoms with Crippen molar-refractivity contribution >= 4 is 5.91 Å². The lowest BCUT2D eigenvalue weighted by Crippen LogP contribution is -2.45. The van der Waals surface area contributed by atoms with Crippen LogP contribution in [0.25, 0.3) is 0 Å². The smallest absolute Gasteiger partial charge is 0.236 e. The van der Waals surface area contributed by atoms with E-state index in [4.69, 9.17) is 0 Å². The third kappa shape index (κ3) is 4.58. The van der Waals surface area contributed by atoms with Crippen molar-refractivity contribution in [2.75, 3.05) is 39.8 Å². The molecule has 4 heteroatoms. The highest BCUT2D eigenvalue weighted by Crippen LogP contribution is 2.16. The van der Waals surface area contributed by atoms with Crippen LogP contribution in [-0.4, -0.2) is 61.5 Å². The quantitative estimate of drug-likeness (QED) is 0.710. The van der Waals surface area contributed by atoms with Crippen molar-refractivity contribution in [3.8, 4) is 0 Å². The van der Waals surface area contributed by atoms with Gasteiger partial charge in [0.05, 0.1) is 6.54 Å². The number of nitrogens with zero attached hydrogens (tertiary/aromatic N) is 2. The summed E-state index contributed by atoms with van der Waals surface area (Å²) in [5.41, 5.74) is 0. The maximum Gasteiger partial charge on any atom is 0.236 e. The average molecular weight is 255 g/mol. The SMILES string of the molecule is CCCN(CCC)C(=O)CN1CCCC1CNC. The molecule has 0 bridgehead atoms. The largest absolute Gasteiger partial charge is 0.342 e. The van der Waals surface area contributed by atoms with Gasteiger partial charge in [0.1, 0.15) is 0 Å². The van der Waals surface area contributed by atoms with Crippen molar-refractivity contribution in [1.29, 1.82) is 0 Å². The van der Waals surface area contributed by atoms with E-state index in [1.54, 1.807) is 0 Å². The van der Waals surface area contributed by atoms with Crippen LogP contribution in [0.2, 0.25) is 0 Å². The summed E-state index contributed by atoms with van der Waals surface area (Å²) in [6.07, 6.45) is 4.54. The van der Waals surface area contributed by atoms with Crippen molar-refractivity contribution in [2.45, 2.75) is 45.6 Å².